The molecule has 0 fully saturated rings. The lowest BCUT2D eigenvalue weighted by Crippen LogP contribution is -2.23. The zero-order valence-corrected chi connectivity index (χ0v) is 8.73. The minimum atomic E-state index is -0.145. The molecule has 0 aliphatic rings. The predicted molar refractivity (Wildman–Crippen MR) is 54.3 cm³/mol. The highest BCUT2D eigenvalue weighted by Gasteiger charge is 2.05. The standard InChI is InChI=1S/C9H9BrN2O/c1-2-3-4-11-9(13)8-5-7(10)6-12-8/h5-6,12H,4H2,1H3,(H,11,13). The molecule has 13 heavy (non-hydrogen) atoms. The first kappa shape index (κ1) is 9.87. The summed E-state index contributed by atoms with van der Waals surface area (Å²) in [6.45, 7) is 2.11. The number of aromatic nitrogens is 1. The Morgan fingerprint density at radius 2 is 2.54 bits per heavy atom. The maximum Gasteiger partial charge on any atom is 0.268 e. The molecule has 1 heterocycles. The van der Waals surface area contributed by atoms with E-state index in [0.29, 0.717) is 12.2 Å². The molecule has 4 heteroatoms. The third-order valence-electron chi connectivity index (χ3n) is 1.41. The van der Waals surface area contributed by atoms with Crippen LogP contribution in [-0.4, -0.2) is 17.4 Å². The summed E-state index contributed by atoms with van der Waals surface area (Å²) in [5.41, 5.74) is 0.532. The van der Waals surface area contributed by atoms with E-state index in [1.54, 1.807) is 19.2 Å². The van der Waals surface area contributed by atoms with Crippen LogP contribution in [0, 0.1) is 11.8 Å². The van der Waals surface area contributed by atoms with Gasteiger partial charge in [0.2, 0.25) is 0 Å². The normalized spacial score (nSPS) is 8.77. The lowest BCUT2D eigenvalue weighted by molar-refractivity contribution is 0.0954. The summed E-state index contributed by atoms with van der Waals surface area (Å²) in [4.78, 5) is 14.1. The van der Waals surface area contributed by atoms with Gasteiger partial charge in [0.15, 0.2) is 0 Å². The van der Waals surface area contributed by atoms with Crippen LogP contribution in [0.2, 0.25) is 0 Å². The highest BCUT2D eigenvalue weighted by molar-refractivity contribution is 9.10. The lowest BCUT2D eigenvalue weighted by Gasteiger charge is -1.96. The molecule has 2 N–H and O–H groups in total. The number of hydrogen-bond donors (Lipinski definition) is 2. The number of hydrogen-bond acceptors (Lipinski definition) is 1. The van der Waals surface area contributed by atoms with Crippen molar-refractivity contribution in [1.82, 2.24) is 10.3 Å². The van der Waals surface area contributed by atoms with E-state index in [2.05, 4.69) is 38.1 Å². The molecule has 1 aromatic heterocycles. The second kappa shape index (κ2) is 4.73. The third kappa shape index (κ3) is 2.96. The number of nitrogens with one attached hydrogen (secondary N) is 2. The Morgan fingerprint density at radius 3 is 3.08 bits per heavy atom. The van der Waals surface area contributed by atoms with Gasteiger partial charge in [-0.15, -0.1) is 5.92 Å². The quantitative estimate of drug-likeness (QED) is 0.757. The largest absolute Gasteiger partial charge is 0.356 e. The molecule has 3 nitrogen and oxygen atoms in total. The Balaban J connectivity index is 2.52. The summed E-state index contributed by atoms with van der Waals surface area (Å²) >= 11 is 3.24. The molecule has 0 aliphatic carbocycles. The molecule has 0 saturated carbocycles. The molecule has 0 aliphatic heterocycles. The maximum atomic E-state index is 11.3. The van der Waals surface area contributed by atoms with Crippen LogP contribution in [0.1, 0.15) is 17.4 Å². The zero-order valence-electron chi connectivity index (χ0n) is 7.15. The van der Waals surface area contributed by atoms with Gasteiger partial charge in [-0.05, 0) is 28.9 Å². The molecule has 1 amide bonds. The van der Waals surface area contributed by atoms with Crippen molar-refractivity contribution < 1.29 is 4.79 Å². The Kier molecular flexibility index (Phi) is 3.59. The van der Waals surface area contributed by atoms with Gasteiger partial charge >= 0.3 is 0 Å². The highest BCUT2D eigenvalue weighted by Crippen LogP contribution is 2.09. The number of aromatic amines is 1. The van der Waals surface area contributed by atoms with Crippen LogP contribution >= 0.6 is 15.9 Å². The van der Waals surface area contributed by atoms with Crippen LogP contribution in [-0.2, 0) is 0 Å². The van der Waals surface area contributed by atoms with Gasteiger partial charge in [0.25, 0.3) is 5.91 Å². The van der Waals surface area contributed by atoms with E-state index in [1.165, 1.54) is 0 Å². The molecule has 0 aromatic carbocycles. The van der Waals surface area contributed by atoms with Gasteiger partial charge in [-0.1, -0.05) is 5.92 Å². The first-order valence-corrected chi connectivity index (χ1v) is 4.55. The van der Waals surface area contributed by atoms with Crippen molar-refractivity contribution in [2.24, 2.45) is 0 Å². The Labute approximate surface area is 85.0 Å². The van der Waals surface area contributed by atoms with E-state index >= 15 is 0 Å². The smallest absolute Gasteiger partial charge is 0.268 e. The summed E-state index contributed by atoms with van der Waals surface area (Å²) in [6.07, 6.45) is 1.71. The molecule has 0 saturated heterocycles. The fourth-order valence-corrected chi connectivity index (χ4v) is 1.15. The molecule has 1 rings (SSSR count). The van der Waals surface area contributed by atoms with Crippen LogP contribution in [0.4, 0.5) is 0 Å². The van der Waals surface area contributed by atoms with Crippen molar-refractivity contribution in [3.05, 3.63) is 22.4 Å². The number of halogens is 1. The Bertz CT molecular complexity index is 359. The van der Waals surface area contributed by atoms with E-state index in [1.807, 2.05) is 0 Å². The number of carbonyl (C=O) groups excluding carboxylic acids is 1. The van der Waals surface area contributed by atoms with Crippen molar-refractivity contribution in [1.29, 1.82) is 0 Å². The fourth-order valence-electron chi connectivity index (χ4n) is 0.807. The van der Waals surface area contributed by atoms with Crippen molar-refractivity contribution >= 4 is 21.8 Å². The van der Waals surface area contributed by atoms with Gasteiger partial charge in [-0.25, -0.2) is 0 Å². The van der Waals surface area contributed by atoms with Crippen LogP contribution in [0.25, 0.3) is 0 Å². The summed E-state index contributed by atoms with van der Waals surface area (Å²) < 4.78 is 0.860. The summed E-state index contributed by atoms with van der Waals surface area (Å²) in [6, 6.07) is 1.72. The minimum Gasteiger partial charge on any atom is -0.356 e. The van der Waals surface area contributed by atoms with Gasteiger partial charge < -0.3 is 10.3 Å². The SMILES string of the molecule is CC#CCNC(=O)c1cc(Br)c[nH]1. The average Bonchev–Trinajstić information content (AvgIpc) is 2.52. The van der Waals surface area contributed by atoms with Gasteiger partial charge in [-0.2, -0.15) is 0 Å². The molecule has 1 aromatic rings. The van der Waals surface area contributed by atoms with Crippen molar-refractivity contribution in [3.8, 4) is 11.8 Å². The summed E-state index contributed by atoms with van der Waals surface area (Å²) in [5.74, 6) is 5.30. The molecule has 68 valence electrons. The Hall–Kier alpha value is -1.21. The topological polar surface area (TPSA) is 44.9 Å². The van der Waals surface area contributed by atoms with Crippen molar-refractivity contribution in [2.75, 3.05) is 6.54 Å². The molecule has 0 unspecified atom stereocenters. The van der Waals surface area contributed by atoms with Gasteiger partial charge in [0.05, 0.1) is 6.54 Å². The lowest BCUT2D eigenvalue weighted by atomic mass is 10.4. The monoisotopic (exact) mass is 240 g/mol. The Morgan fingerprint density at radius 1 is 1.77 bits per heavy atom. The van der Waals surface area contributed by atoms with Crippen molar-refractivity contribution in [3.63, 3.8) is 0 Å². The molecule has 0 atom stereocenters. The van der Waals surface area contributed by atoms with E-state index in [4.69, 9.17) is 0 Å². The molecule has 0 radical (unpaired) electrons. The van der Waals surface area contributed by atoms with Crippen LogP contribution in [0.15, 0.2) is 16.7 Å². The molecular formula is C9H9BrN2O. The van der Waals surface area contributed by atoms with E-state index in [0.717, 1.165) is 4.47 Å². The van der Waals surface area contributed by atoms with E-state index in [-0.39, 0.29) is 5.91 Å². The highest BCUT2D eigenvalue weighted by atomic mass is 79.9. The molecule has 0 spiro atoms. The third-order valence-corrected chi connectivity index (χ3v) is 1.86. The maximum absolute atomic E-state index is 11.3. The van der Waals surface area contributed by atoms with Gasteiger partial charge in [0, 0.05) is 10.7 Å². The number of carbonyl (C=O) groups is 1. The summed E-state index contributed by atoms with van der Waals surface area (Å²) in [7, 11) is 0. The number of rotatable bonds is 2. The predicted octanol–water partition coefficient (Wildman–Crippen LogP) is 1.53. The summed E-state index contributed by atoms with van der Waals surface area (Å²) in [5, 5.41) is 2.65. The number of H-pyrrole nitrogens is 1. The van der Waals surface area contributed by atoms with Crippen molar-refractivity contribution in [2.45, 2.75) is 6.92 Å². The molecule has 0 bridgehead atoms. The first-order valence-electron chi connectivity index (χ1n) is 3.75. The van der Waals surface area contributed by atoms with E-state index in [9.17, 15) is 4.79 Å². The zero-order chi connectivity index (χ0) is 9.68. The van der Waals surface area contributed by atoms with Gasteiger partial charge in [0.1, 0.15) is 5.69 Å². The second-order valence-corrected chi connectivity index (χ2v) is 3.26. The minimum absolute atomic E-state index is 0.145. The first-order chi connectivity index (χ1) is 6.24. The van der Waals surface area contributed by atoms with Gasteiger partial charge in [-0.3, -0.25) is 4.79 Å². The average molecular weight is 241 g/mol. The molecular weight excluding hydrogens is 232 g/mol. The second-order valence-electron chi connectivity index (χ2n) is 2.34. The number of amides is 1. The van der Waals surface area contributed by atoms with Crippen LogP contribution in [0.3, 0.4) is 0 Å². The van der Waals surface area contributed by atoms with E-state index < -0.39 is 0 Å². The van der Waals surface area contributed by atoms with Crippen LogP contribution in [0.5, 0.6) is 0 Å². The fraction of sp³-hybridized carbons (Fsp3) is 0.222. The van der Waals surface area contributed by atoms with Crippen LogP contribution < -0.4 is 5.32 Å².